The topological polar surface area (TPSA) is 32.8 Å². The van der Waals surface area contributed by atoms with E-state index in [9.17, 15) is 22.4 Å². The van der Waals surface area contributed by atoms with Gasteiger partial charge in [-0.3, -0.25) is 4.79 Å². The van der Waals surface area contributed by atoms with Gasteiger partial charge in [0.2, 0.25) is 0 Å². The van der Waals surface area contributed by atoms with E-state index in [4.69, 9.17) is 16.3 Å². The average Bonchev–Trinajstić information content (AvgIpc) is 2.71. The fourth-order valence-corrected chi connectivity index (χ4v) is 3.25. The summed E-state index contributed by atoms with van der Waals surface area (Å²) in [6.45, 7) is 0.0336. The minimum Gasteiger partial charge on any atom is -0.484 e. The fraction of sp³-hybridized carbons (Fsp3) is 0.278. The molecule has 1 amide bonds. The van der Waals surface area contributed by atoms with Gasteiger partial charge in [0, 0.05) is 30.7 Å². The maximum absolute atomic E-state index is 14.1. The van der Waals surface area contributed by atoms with Crippen LogP contribution in [0.2, 0.25) is 5.02 Å². The van der Waals surface area contributed by atoms with Crippen molar-refractivity contribution in [2.24, 2.45) is 0 Å². The monoisotopic (exact) mass is 480 g/mol. The summed E-state index contributed by atoms with van der Waals surface area (Å²) in [7, 11) is 0. The highest BCUT2D eigenvalue weighted by Crippen LogP contribution is 2.33. The second-order valence-corrected chi connectivity index (χ2v) is 7.32. The number of nitrogens with zero attached hydrogens (tertiary/aromatic N) is 2. The molecular formula is C18H14BrClF4N2O2. The summed E-state index contributed by atoms with van der Waals surface area (Å²) in [5, 5.41) is -1.22. The van der Waals surface area contributed by atoms with Crippen LogP contribution >= 0.6 is 27.5 Å². The molecule has 1 aliphatic rings. The number of piperazine rings is 1. The summed E-state index contributed by atoms with van der Waals surface area (Å²) >= 11 is 8.53. The Morgan fingerprint density at radius 2 is 1.50 bits per heavy atom. The molecule has 28 heavy (non-hydrogen) atoms. The molecule has 0 N–H and O–H groups in total. The highest BCUT2D eigenvalue weighted by molar-refractivity contribution is 9.10. The molecule has 2 aromatic rings. The van der Waals surface area contributed by atoms with Crippen LogP contribution in [0.4, 0.5) is 23.2 Å². The van der Waals surface area contributed by atoms with Crippen LogP contribution in [0.5, 0.6) is 5.75 Å². The number of halogens is 6. The molecule has 150 valence electrons. The Labute approximate surface area is 171 Å². The number of anilines is 1. The Balaban J connectivity index is 1.62. The minimum atomic E-state index is -1.64. The van der Waals surface area contributed by atoms with Crippen LogP contribution in [-0.4, -0.2) is 43.6 Å². The van der Waals surface area contributed by atoms with Crippen molar-refractivity contribution in [2.45, 2.75) is 0 Å². The average molecular weight is 482 g/mol. The van der Waals surface area contributed by atoms with E-state index in [0.29, 0.717) is 5.75 Å². The lowest BCUT2D eigenvalue weighted by Gasteiger charge is -2.36. The molecule has 0 unspecified atom stereocenters. The van der Waals surface area contributed by atoms with E-state index in [-0.39, 0.29) is 38.7 Å². The highest BCUT2D eigenvalue weighted by atomic mass is 79.9. The van der Waals surface area contributed by atoms with Crippen molar-refractivity contribution >= 4 is 39.1 Å². The lowest BCUT2D eigenvalue weighted by atomic mass is 10.2. The molecular weight excluding hydrogens is 468 g/mol. The molecule has 0 aliphatic carbocycles. The van der Waals surface area contributed by atoms with Gasteiger partial charge in [-0.05, 0) is 24.3 Å². The zero-order valence-electron chi connectivity index (χ0n) is 14.3. The zero-order valence-corrected chi connectivity index (χ0v) is 16.7. The Bertz CT molecular complexity index is 861. The molecule has 0 atom stereocenters. The lowest BCUT2D eigenvalue weighted by molar-refractivity contribution is -0.133. The third-order valence-electron chi connectivity index (χ3n) is 4.31. The van der Waals surface area contributed by atoms with Crippen molar-refractivity contribution in [3.05, 3.63) is 57.0 Å². The van der Waals surface area contributed by atoms with Crippen LogP contribution in [0.15, 0.2) is 28.7 Å². The molecule has 1 fully saturated rings. The maximum atomic E-state index is 14.1. The van der Waals surface area contributed by atoms with Crippen LogP contribution in [0, 0.1) is 23.3 Å². The van der Waals surface area contributed by atoms with Gasteiger partial charge >= 0.3 is 0 Å². The maximum Gasteiger partial charge on any atom is 0.260 e. The van der Waals surface area contributed by atoms with Crippen molar-refractivity contribution in [2.75, 3.05) is 37.7 Å². The van der Waals surface area contributed by atoms with Gasteiger partial charge in [0.25, 0.3) is 5.91 Å². The van der Waals surface area contributed by atoms with Gasteiger partial charge in [0.05, 0.1) is 0 Å². The van der Waals surface area contributed by atoms with Crippen LogP contribution in [0.1, 0.15) is 0 Å². The van der Waals surface area contributed by atoms with E-state index < -0.39 is 34.0 Å². The van der Waals surface area contributed by atoms with Gasteiger partial charge < -0.3 is 14.5 Å². The van der Waals surface area contributed by atoms with E-state index in [0.717, 1.165) is 9.37 Å². The first kappa shape index (κ1) is 20.7. The zero-order chi connectivity index (χ0) is 20.4. The van der Waals surface area contributed by atoms with E-state index in [1.165, 1.54) is 4.90 Å². The van der Waals surface area contributed by atoms with Crippen LogP contribution in [0.25, 0.3) is 0 Å². The first-order valence-corrected chi connectivity index (χ1v) is 9.39. The molecule has 0 bridgehead atoms. The van der Waals surface area contributed by atoms with E-state index >= 15 is 0 Å². The van der Waals surface area contributed by atoms with E-state index in [1.54, 1.807) is 24.3 Å². The number of benzene rings is 2. The van der Waals surface area contributed by atoms with Gasteiger partial charge in [-0.25, -0.2) is 17.6 Å². The predicted molar refractivity (Wildman–Crippen MR) is 99.7 cm³/mol. The molecule has 0 spiro atoms. The largest absolute Gasteiger partial charge is 0.484 e. The van der Waals surface area contributed by atoms with Crippen molar-refractivity contribution in [1.82, 2.24) is 4.90 Å². The molecule has 1 heterocycles. The molecule has 3 rings (SSSR count). The SMILES string of the molecule is O=C(COc1ccc(Br)cc1)N1CCN(c2c(F)c(F)c(Cl)c(F)c2F)CC1. The highest BCUT2D eigenvalue weighted by Gasteiger charge is 2.30. The molecule has 4 nitrogen and oxygen atoms in total. The molecule has 0 aromatic heterocycles. The smallest absolute Gasteiger partial charge is 0.260 e. The van der Waals surface area contributed by atoms with Crippen LogP contribution in [0.3, 0.4) is 0 Å². The number of rotatable bonds is 4. The summed E-state index contributed by atoms with van der Waals surface area (Å²) in [4.78, 5) is 14.9. The van der Waals surface area contributed by atoms with Crippen molar-refractivity contribution < 1.29 is 27.1 Å². The molecule has 1 saturated heterocycles. The lowest BCUT2D eigenvalue weighted by Crippen LogP contribution is -2.50. The van der Waals surface area contributed by atoms with Gasteiger partial charge in [0.15, 0.2) is 29.9 Å². The first-order chi connectivity index (χ1) is 13.3. The number of ether oxygens (including phenoxy) is 1. The third kappa shape index (κ3) is 4.20. The van der Waals surface area contributed by atoms with Crippen molar-refractivity contribution in [1.29, 1.82) is 0 Å². The number of hydrogen-bond donors (Lipinski definition) is 0. The summed E-state index contributed by atoms with van der Waals surface area (Å²) in [5.74, 6) is -6.18. The van der Waals surface area contributed by atoms with Crippen molar-refractivity contribution in [3.63, 3.8) is 0 Å². The second-order valence-electron chi connectivity index (χ2n) is 6.03. The Morgan fingerprint density at radius 1 is 0.964 bits per heavy atom. The second kappa shape index (κ2) is 8.57. The number of hydrogen-bond acceptors (Lipinski definition) is 3. The Hall–Kier alpha value is -2.00. The number of carbonyl (C=O) groups is 1. The molecule has 1 aliphatic heterocycles. The first-order valence-electron chi connectivity index (χ1n) is 8.22. The summed E-state index contributed by atoms with van der Waals surface area (Å²) < 4.78 is 61.7. The Kier molecular flexibility index (Phi) is 6.34. The van der Waals surface area contributed by atoms with Crippen molar-refractivity contribution in [3.8, 4) is 5.75 Å². The normalized spacial score (nSPS) is 14.4. The summed E-state index contributed by atoms with van der Waals surface area (Å²) in [6, 6.07) is 6.94. The fourth-order valence-electron chi connectivity index (χ4n) is 2.82. The number of carbonyl (C=O) groups excluding carboxylic acids is 1. The quantitative estimate of drug-likeness (QED) is 0.369. The van der Waals surface area contributed by atoms with Gasteiger partial charge in [0.1, 0.15) is 16.5 Å². The number of amides is 1. The van der Waals surface area contributed by atoms with Crippen LogP contribution < -0.4 is 9.64 Å². The predicted octanol–water partition coefficient (Wildman–Crippen LogP) is 4.39. The molecule has 2 aromatic carbocycles. The minimum absolute atomic E-state index is 0.00161. The summed E-state index contributed by atoms with van der Waals surface area (Å²) in [5.41, 5.74) is -0.822. The van der Waals surface area contributed by atoms with Crippen LogP contribution in [-0.2, 0) is 4.79 Å². The molecule has 0 radical (unpaired) electrons. The van der Waals surface area contributed by atoms with Gasteiger partial charge in [-0.15, -0.1) is 0 Å². The molecule has 10 heteroatoms. The van der Waals surface area contributed by atoms with Gasteiger partial charge in [-0.1, -0.05) is 27.5 Å². The van der Waals surface area contributed by atoms with E-state index in [1.807, 2.05) is 0 Å². The summed E-state index contributed by atoms with van der Waals surface area (Å²) in [6.07, 6.45) is 0. The van der Waals surface area contributed by atoms with E-state index in [2.05, 4.69) is 15.9 Å². The third-order valence-corrected chi connectivity index (χ3v) is 5.17. The standard InChI is InChI=1S/C18H14BrClF4N2O2/c19-10-1-3-11(4-2-10)28-9-12(27)25-5-7-26(8-6-25)18-16(23)14(21)13(20)15(22)17(18)24/h1-4H,5-9H2. The Morgan fingerprint density at radius 3 is 2.04 bits per heavy atom. The molecule has 0 saturated carbocycles. The van der Waals surface area contributed by atoms with Gasteiger partial charge in [-0.2, -0.15) is 0 Å².